The second-order valence-electron chi connectivity index (χ2n) is 5.64. The summed E-state index contributed by atoms with van der Waals surface area (Å²) in [6.45, 7) is 5.58. The van der Waals surface area contributed by atoms with E-state index in [1.54, 1.807) is 25.1 Å². The molecule has 0 aliphatic carbocycles. The Morgan fingerprint density at radius 3 is 2.64 bits per heavy atom. The Kier molecular flexibility index (Phi) is 6.84. The molecule has 0 radical (unpaired) electrons. The zero-order valence-corrected chi connectivity index (χ0v) is 13.9. The molecule has 1 rings (SSSR count). The number of rotatable bonds is 7. The van der Waals surface area contributed by atoms with Crippen LogP contribution in [0, 0.1) is 5.92 Å². The van der Waals surface area contributed by atoms with Gasteiger partial charge >= 0.3 is 0 Å². The van der Waals surface area contributed by atoms with Crippen molar-refractivity contribution in [1.82, 2.24) is 10.6 Å². The summed E-state index contributed by atoms with van der Waals surface area (Å²) in [5.41, 5.74) is -0.576. The number of halogens is 1. The van der Waals surface area contributed by atoms with Crippen molar-refractivity contribution in [3.63, 3.8) is 0 Å². The summed E-state index contributed by atoms with van der Waals surface area (Å²) in [4.78, 5) is 23.6. The van der Waals surface area contributed by atoms with Crippen LogP contribution in [0.15, 0.2) is 24.3 Å². The van der Waals surface area contributed by atoms with E-state index >= 15 is 0 Å². The summed E-state index contributed by atoms with van der Waals surface area (Å²) in [5.74, 6) is -0.654. The van der Waals surface area contributed by atoms with Crippen LogP contribution in [0.4, 0.5) is 0 Å². The molecule has 0 aliphatic heterocycles. The fourth-order valence-corrected chi connectivity index (χ4v) is 2.04. The topological polar surface area (TPSA) is 78.4 Å². The number of carbonyl (C=O) groups is 2. The molecule has 0 heterocycles. The minimum absolute atomic E-state index is 0.0638. The maximum absolute atomic E-state index is 11.9. The van der Waals surface area contributed by atoms with Gasteiger partial charge in [-0.3, -0.25) is 9.59 Å². The van der Waals surface area contributed by atoms with Crippen molar-refractivity contribution >= 4 is 23.4 Å². The minimum atomic E-state index is -0.971. The average molecular weight is 327 g/mol. The van der Waals surface area contributed by atoms with E-state index < -0.39 is 5.60 Å². The third-order valence-corrected chi connectivity index (χ3v) is 4.05. The minimum Gasteiger partial charge on any atom is -0.388 e. The fourth-order valence-electron chi connectivity index (χ4n) is 1.85. The highest BCUT2D eigenvalue weighted by molar-refractivity contribution is 6.30. The van der Waals surface area contributed by atoms with E-state index in [1.807, 2.05) is 13.8 Å². The van der Waals surface area contributed by atoms with Crippen LogP contribution in [0.2, 0.25) is 5.02 Å². The van der Waals surface area contributed by atoms with E-state index in [1.165, 1.54) is 6.07 Å². The van der Waals surface area contributed by atoms with Gasteiger partial charge in [-0.2, -0.15) is 0 Å². The lowest BCUT2D eigenvalue weighted by atomic mass is 9.89. The monoisotopic (exact) mass is 326 g/mol. The number of amides is 2. The second kappa shape index (κ2) is 8.15. The number of nitrogens with one attached hydrogen (secondary N) is 2. The molecule has 0 saturated carbocycles. The van der Waals surface area contributed by atoms with Gasteiger partial charge in [-0.1, -0.05) is 37.9 Å². The van der Waals surface area contributed by atoms with Gasteiger partial charge in [0.15, 0.2) is 0 Å². The Balaban J connectivity index is 2.42. The standard InChI is InChI=1S/C16H23ClN2O3/c1-4-11(2)16(3,22)10-19-14(20)9-18-15(21)12-6-5-7-13(17)8-12/h5-8,11,22H,4,9-10H2,1-3H3,(H,18,21)(H,19,20). The van der Waals surface area contributed by atoms with Crippen molar-refractivity contribution in [2.24, 2.45) is 5.92 Å². The van der Waals surface area contributed by atoms with Crippen LogP contribution < -0.4 is 10.6 Å². The van der Waals surface area contributed by atoms with Gasteiger partial charge in [0.25, 0.3) is 5.91 Å². The first-order valence-electron chi connectivity index (χ1n) is 7.29. The molecule has 6 heteroatoms. The second-order valence-corrected chi connectivity index (χ2v) is 6.07. The molecule has 1 aromatic carbocycles. The Morgan fingerprint density at radius 1 is 1.36 bits per heavy atom. The summed E-state index contributed by atoms with van der Waals surface area (Å²) in [6.07, 6.45) is 0.814. The molecule has 0 aliphatic rings. The molecule has 0 fully saturated rings. The summed E-state index contributed by atoms with van der Waals surface area (Å²) >= 11 is 5.81. The summed E-state index contributed by atoms with van der Waals surface area (Å²) in [6, 6.07) is 6.48. The van der Waals surface area contributed by atoms with Crippen LogP contribution in [-0.2, 0) is 4.79 Å². The van der Waals surface area contributed by atoms with E-state index in [9.17, 15) is 14.7 Å². The van der Waals surface area contributed by atoms with Crippen LogP contribution in [0.3, 0.4) is 0 Å². The molecule has 0 spiro atoms. The maximum atomic E-state index is 11.9. The quantitative estimate of drug-likeness (QED) is 0.717. The van der Waals surface area contributed by atoms with E-state index in [-0.39, 0.29) is 30.8 Å². The van der Waals surface area contributed by atoms with Crippen molar-refractivity contribution < 1.29 is 14.7 Å². The molecule has 2 atom stereocenters. The normalized spacial score (nSPS) is 14.8. The Morgan fingerprint density at radius 2 is 2.05 bits per heavy atom. The third kappa shape index (κ3) is 5.66. The van der Waals surface area contributed by atoms with Crippen molar-refractivity contribution in [2.45, 2.75) is 32.8 Å². The van der Waals surface area contributed by atoms with Gasteiger partial charge in [-0.25, -0.2) is 0 Å². The smallest absolute Gasteiger partial charge is 0.251 e. The molecule has 0 bridgehead atoms. The van der Waals surface area contributed by atoms with Gasteiger partial charge in [0.1, 0.15) is 0 Å². The number of benzene rings is 1. The zero-order chi connectivity index (χ0) is 16.8. The SMILES string of the molecule is CCC(C)C(C)(O)CNC(=O)CNC(=O)c1cccc(Cl)c1. The lowest BCUT2D eigenvalue weighted by Crippen LogP contribution is -2.47. The van der Waals surface area contributed by atoms with Crippen LogP contribution >= 0.6 is 11.6 Å². The molecule has 22 heavy (non-hydrogen) atoms. The largest absolute Gasteiger partial charge is 0.388 e. The van der Waals surface area contributed by atoms with Crippen LogP contribution in [0.25, 0.3) is 0 Å². The van der Waals surface area contributed by atoms with Crippen LogP contribution in [0.1, 0.15) is 37.6 Å². The highest BCUT2D eigenvalue weighted by Gasteiger charge is 2.27. The molecule has 0 aromatic heterocycles. The summed E-state index contributed by atoms with van der Waals surface area (Å²) in [5, 5.41) is 15.8. The summed E-state index contributed by atoms with van der Waals surface area (Å²) < 4.78 is 0. The number of carbonyl (C=O) groups excluding carboxylic acids is 2. The molecule has 3 N–H and O–H groups in total. The Hall–Kier alpha value is -1.59. The molecule has 0 saturated heterocycles. The molecule has 2 amide bonds. The Bertz CT molecular complexity index is 532. The van der Waals surface area contributed by atoms with E-state index in [0.717, 1.165) is 6.42 Å². The van der Waals surface area contributed by atoms with Gasteiger partial charge in [0, 0.05) is 17.1 Å². The maximum Gasteiger partial charge on any atom is 0.251 e. The summed E-state index contributed by atoms with van der Waals surface area (Å²) in [7, 11) is 0. The highest BCUT2D eigenvalue weighted by atomic mass is 35.5. The first kappa shape index (κ1) is 18.5. The van der Waals surface area contributed by atoms with Gasteiger partial charge in [-0.15, -0.1) is 0 Å². The molecule has 2 unspecified atom stereocenters. The fraction of sp³-hybridized carbons (Fsp3) is 0.500. The zero-order valence-electron chi connectivity index (χ0n) is 13.1. The van der Waals surface area contributed by atoms with Crippen molar-refractivity contribution in [3.8, 4) is 0 Å². The number of hydrogen-bond donors (Lipinski definition) is 3. The van der Waals surface area contributed by atoms with Crippen molar-refractivity contribution in [2.75, 3.05) is 13.1 Å². The molecular weight excluding hydrogens is 304 g/mol. The first-order valence-corrected chi connectivity index (χ1v) is 7.67. The highest BCUT2D eigenvalue weighted by Crippen LogP contribution is 2.18. The van der Waals surface area contributed by atoms with Gasteiger partial charge in [0.05, 0.1) is 12.1 Å². The number of aliphatic hydroxyl groups is 1. The van der Waals surface area contributed by atoms with E-state index in [2.05, 4.69) is 10.6 Å². The van der Waals surface area contributed by atoms with E-state index in [4.69, 9.17) is 11.6 Å². The molecule has 1 aromatic rings. The van der Waals surface area contributed by atoms with Gasteiger partial charge in [0.2, 0.25) is 5.91 Å². The lowest BCUT2D eigenvalue weighted by Gasteiger charge is -2.29. The van der Waals surface area contributed by atoms with Gasteiger partial charge in [-0.05, 0) is 31.0 Å². The lowest BCUT2D eigenvalue weighted by molar-refractivity contribution is -0.121. The molecule has 5 nitrogen and oxygen atoms in total. The molecule has 122 valence electrons. The van der Waals surface area contributed by atoms with Crippen LogP contribution in [-0.4, -0.2) is 35.6 Å². The van der Waals surface area contributed by atoms with Gasteiger partial charge < -0.3 is 15.7 Å². The molecular formula is C16H23ClN2O3. The number of hydrogen-bond acceptors (Lipinski definition) is 3. The van der Waals surface area contributed by atoms with Crippen molar-refractivity contribution in [1.29, 1.82) is 0 Å². The Labute approximate surface area is 136 Å². The average Bonchev–Trinajstić information content (AvgIpc) is 2.49. The predicted octanol–water partition coefficient (Wildman–Crippen LogP) is 1.98. The predicted molar refractivity (Wildman–Crippen MR) is 86.9 cm³/mol. The van der Waals surface area contributed by atoms with E-state index in [0.29, 0.717) is 10.6 Å². The van der Waals surface area contributed by atoms with Crippen molar-refractivity contribution in [3.05, 3.63) is 34.9 Å². The third-order valence-electron chi connectivity index (χ3n) is 3.81. The van der Waals surface area contributed by atoms with Crippen LogP contribution in [0.5, 0.6) is 0 Å². The first-order chi connectivity index (χ1) is 10.3.